The molecule has 0 radical (unpaired) electrons. The number of aryl methyl sites for hydroxylation is 1. The number of ether oxygens (including phenoxy) is 1. The van der Waals surface area contributed by atoms with Crippen molar-refractivity contribution in [2.75, 3.05) is 6.61 Å². The zero-order valence-electron chi connectivity index (χ0n) is 30.8. The number of phenolic OH excluding ortho intramolecular Hbond substituents is 2. The van der Waals surface area contributed by atoms with E-state index in [-0.39, 0.29) is 47.6 Å². The number of unbranched alkanes of at least 4 members (excludes halogenated alkanes) is 1. The molecule has 7 N–H and O–H groups in total. The van der Waals surface area contributed by atoms with E-state index in [1.54, 1.807) is 42.8 Å². The van der Waals surface area contributed by atoms with Gasteiger partial charge in [-0.1, -0.05) is 74.2 Å². The molecule has 2 aliphatic rings. The van der Waals surface area contributed by atoms with Crippen molar-refractivity contribution in [3.63, 3.8) is 0 Å². The molecule has 0 amide bonds. The highest BCUT2D eigenvalue weighted by Gasteiger charge is 2.30. The summed E-state index contributed by atoms with van der Waals surface area (Å²) in [6.45, 7) is 2.09. The van der Waals surface area contributed by atoms with Crippen LogP contribution in [0.3, 0.4) is 0 Å². The van der Waals surface area contributed by atoms with Crippen molar-refractivity contribution in [2.45, 2.75) is 102 Å². The predicted octanol–water partition coefficient (Wildman–Crippen LogP) is 6.93. The summed E-state index contributed by atoms with van der Waals surface area (Å²) in [5.74, 6) is -0.00377. The number of nitrogens with zero attached hydrogens (tertiary/aromatic N) is 1. The van der Waals surface area contributed by atoms with Gasteiger partial charge in [0.15, 0.2) is 17.3 Å². The molecule has 0 spiro atoms. The minimum Gasteiger partial charge on any atom is -0.875 e. The first-order valence-electron chi connectivity index (χ1n) is 18.9. The summed E-state index contributed by atoms with van der Waals surface area (Å²) in [6, 6.07) is 18.0. The van der Waals surface area contributed by atoms with Gasteiger partial charge in [0, 0.05) is 36.7 Å². The summed E-state index contributed by atoms with van der Waals surface area (Å²) in [4.78, 5) is 16.9. The molecule has 9 heteroatoms. The normalized spacial score (nSPS) is 17.2. The fraction of sp³-hybridized carbons (Fsp3) is 0.409. The molecule has 0 aromatic heterocycles. The van der Waals surface area contributed by atoms with Crippen LogP contribution < -0.4 is 21.3 Å². The van der Waals surface area contributed by atoms with E-state index in [4.69, 9.17) is 16.2 Å². The fourth-order valence-corrected chi connectivity index (χ4v) is 7.38. The maximum absolute atomic E-state index is 13.2. The van der Waals surface area contributed by atoms with E-state index in [0.29, 0.717) is 36.1 Å². The zero-order chi connectivity index (χ0) is 37.8. The molecule has 1 aliphatic heterocycles. The zero-order valence-corrected chi connectivity index (χ0v) is 30.8. The molecule has 3 aromatic rings. The van der Waals surface area contributed by atoms with Gasteiger partial charge in [0.25, 0.3) is 0 Å². The summed E-state index contributed by atoms with van der Waals surface area (Å²) in [7, 11) is 0. The Hall–Kier alpha value is -4.70. The lowest BCUT2D eigenvalue weighted by atomic mass is 9.80. The summed E-state index contributed by atoms with van der Waals surface area (Å²) in [5, 5.41) is 44.4. The Kier molecular flexibility index (Phi) is 14.1. The maximum Gasteiger partial charge on any atom is 0.161 e. The quantitative estimate of drug-likeness (QED) is 0.0384. The second-order valence-electron chi connectivity index (χ2n) is 14.7. The molecular weight excluding hydrogens is 666 g/mol. The number of aromatic hydroxyl groups is 2. The SMILES string of the molecule is C[C@H](O)CCCCC1(/C=C/C(=O)CCc2ccc(O)c(OCCc3ccc(O)c([C@H](CC([O-])=C4C=CN=C4)c4ccc(C(N)N)cc4)c3)c2)CCCC1. The number of rotatable bonds is 19. The first-order valence-corrected chi connectivity index (χ1v) is 18.9. The van der Waals surface area contributed by atoms with Gasteiger partial charge in [-0.25, -0.2) is 0 Å². The first kappa shape index (κ1) is 39.5. The van der Waals surface area contributed by atoms with Gasteiger partial charge in [0.2, 0.25) is 0 Å². The first-order chi connectivity index (χ1) is 25.5. The lowest BCUT2D eigenvalue weighted by molar-refractivity contribution is -0.307. The van der Waals surface area contributed by atoms with E-state index in [1.165, 1.54) is 12.8 Å². The molecule has 5 rings (SSSR count). The van der Waals surface area contributed by atoms with E-state index in [2.05, 4.69) is 11.1 Å². The Balaban J connectivity index is 1.20. The van der Waals surface area contributed by atoms with Crippen molar-refractivity contribution in [3.05, 3.63) is 124 Å². The third kappa shape index (κ3) is 11.4. The molecule has 282 valence electrons. The monoisotopic (exact) mass is 720 g/mol. The molecule has 0 unspecified atom stereocenters. The fourth-order valence-electron chi connectivity index (χ4n) is 7.38. The van der Waals surface area contributed by atoms with Crippen molar-refractivity contribution >= 4 is 12.0 Å². The molecule has 2 atom stereocenters. The van der Waals surface area contributed by atoms with Gasteiger partial charge in [-0.2, -0.15) is 0 Å². The van der Waals surface area contributed by atoms with Crippen molar-refractivity contribution in [2.24, 2.45) is 21.9 Å². The number of carbonyl (C=O) groups excluding carboxylic acids is 1. The van der Waals surface area contributed by atoms with Crippen LogP contribution in [0, 0.1) is 5.41 Å². The van der Waals surface area contributed by atoms with Crippen LogP contribution in [0.5, 0.6) is 17.2 Å². The van der Waals surface area contributed by atoms with Gasteiger partial charge >= 0.3 is 0 Å². The number of hydrogen-bond acceptors (Lipinski definition) is 9. The number of aliphatic hydroxyl groups is 1. The maximum atomic E-state index is 13.2. The Morgan fingerprint density at radius 2 is 1.66 bits per heavy atom. The van der Waals surface area contributed by atoms with E-state index in [1.807, 2.05) is 49.4 Å². The molecule has 1 aliphatic carbocycles. The summed E-state index contributed by atoms with van der Waals surface area (Å²) in [5.41, 5.74) is 16.3. The summed E-state index contributed by atoms with van der Waals surface area (Å²) in [6.07, 6.45) is 17.9. The highest BCUT2D eigenvalue weighted by Crippen LogP contribution is 2.44. The average Bonchev–Trinajstić information content (AvgIpc) is 3.86. The number of carbonyl (C=O) groups is 1. The highest BCUT2D eigenvalue weighted by molar-refractivity contribution is 5.89. The van der Waals surface area contributed by atoms with Crippen LogP contribution in [-0.2, 0) is 17.6 Å². The van der Waals surface area contributed by atoms with Crippen LogP contribution in [0.15, 0.2) is 101 Å². The molecule has 1 fully saturated rings. The summed E-state index contributed by atoms with van der Waals surface area (Å²) < 4.78 is 6.03. The standard InChI is InChI=1S/C44H55N3O6/c1-30(48)6-2-3-20-44(21-4-5-22-44)23-17-36(49)14-7-31-9-16-40(51)42(27-31)53-25-19-32-8-15-39(50)38(26-32)37(28-41(52)35-18-24-47-29-35)33-10-12-34(13-11-33)43(45)46/h8-13,15-18,23-24,26-27,29-30,37,43,48,50-52H,2-7,14,19-22,25,28,45-46H2,1H3/p-1/b23-17+,41-35?/t30-,37+/m0/s1. The second kappa shape index (κ2) is 18.9. The molecule has 1 saturated carbocycles. The minimum atomic E-state index is -0.627. The van der Waals surface area contributed by atoms with Gasteiger partial charge in [0.05, 0.1) is 18.9 Å². The Morgan fingerprint density at radius 3 is 2.34 bits per heavy atom. The molecule has 9 nitrogen and oxygen atoms in total. The number of phenols is 2. The van der Waals surface area contributed by atoms with E-state index in [0.717, 1.165) is 60.8 Å². The number of allylic oxidation sites excluding steroid dienone is 5. The van der Waals surface area contributed by atoms with Crippen molar-refractivity contribution < 1.29 is 30.0 Å². The Bertz CT molecular complexity index is 1790. The minimum absolute atomic E-state index is 0.0198. The lowest BCUT2D eigenvalue weighted by Gasteiger charge is -2.25. The number of aliphatic hydroxyl groups excluding tert-OH is 1. The number of ketones is 1. The molecule has 3 aromatic carbocycles. The van der Waals surface area contributed by atoms with Gasteiger partial charge in [-0.3, -0.25) is 9.79 Å². The van der Waals surface area contributed by atoms with E-state index < -0.39 is 12.1 Å². The number of aliphatic imine (C=N–C) groups is 1. The topological polar surface area (TPSA) is 174 Å². The third-order valence-corrected chi connectivity index (χ3v) is 10.6. The Morgan fingerprint density at radius 1 is 0.962 bits per heavy atom. The Labute approximate surface area is 313 Å². The number of hydrogen-bond donors (Lipinski definition) is 5. The van der Waals surface area contributed by atoms with Crippen LogP contribution in [0.2, 0.25) is 0 Å². The molecule has 0 bridgehead atoms. The third-order valence-electron chi connectivity index (χ3n) is 10.6. The number of nitrogens with two attached hydrogens (primary N) is 2. The second-order valence-corrected chi connectivity index (χ2v) is 14.7. The van der Waals surface area contributed by atoms with Crippen LogP contribution in [0.4, 0.5) is 0 Å². The van der Waals surface area contributed by atoms with Crippen molar-refractivity contribution in [1.29, 1.82) is 0 Å². The van der Waals surface area contributed by atoms with E-state index >= 15 is 0 Å². The molecular formula is C44H54N3O6-. The average molecular weight is 721 g/mol. The van der Waals surface area contributed by atoms with Gasteiger partial charge in [-0.15, -0.1) is 5.76 Å². The smallest absolute Gasteiger partial charge is 0.161 e. The predicted molar refractivity (Wildman–Crippen MR) is 208 cm³/mol. The summed E-state index contributed by atoms with van der Waals surface area (Å²) >= 11 is 0. The van der Waals surface area contributed by atoms with Crippen molar-refractivity contribution in [1.82, 2.24) is 0 Å². The van der Waals surface area contributed by atoms with Gasteiger partial charge < -0.3 is 36.6 Å². The van der Waals surface area contributed by atoms with Crippen molar-refractivity contribution in [3.8, 4) is 17.2 Å². The van der Waals surface area contributed by atoms with Gasteiger partial charge in [-0.05, 0) is 109 Å². The van der Waals surface area contributed by atoms with E-state index in [9.17, 15) is 25.2 Å². The largest absolute Gasteiger partial charge is 0.875 e. The van der Waals surface area contributed by atoms with Crippen LogP contribution >= 0.6 is 0 Å². The number of benzene rings is 3. The molecule has 1 heterocycles. The molecule has 53 heavy (non-hydrogen) atoms. The van der Waals surface area contributed by atoms with Crippen LogP contribution in [0.25, 0.3) is 0 Å². The lowest BCUT2D eigenvalue weighted by Crippen LogP contribution is -2.20. The molecule has 0 saturated heterocycles. The van der Waals surface area contributed by atoms with Crippen LogP contribution in [0.1, 0.15) is 111 Å². The van der Waals surface area contributed by atoms with Gasteiger partial charge in [0.1, 0.15) is 5.75 Å². The van der Waals surface area contributed by atoms with Crippen LogP contribution in [-0.4, -0.2) is 40.0 Å². The highest BCUT2D eigenvalue weighted by atomic mass is 16.5.